The minimum Gasteiger partial charge on any atom is -0.396 e. The molecule has 1 aromatic rings. The topological polar surface area (TPSA) is 69.6 Å². The maximum atomic E-state index is 12.7. The predicted molar refractivity (Wildman–Crippen MR) is 89.0 cm³/mol. The summed E-state index contributed by atoms with van der Waals surface area (Å²) < 4.78 is 0. The fraction of sp³-hybridized carbons (Fsp3) is 0.556. The van der Waals surface area contributed by atoms with Crippen molar-refractivity contribution < 1.29 is 14.7 Å². The van der Waals surface area contributed by atoms with Gasteiger partial charge in [-0.3, -0.25) is 9.59 Å². The number of hydrogen-bond acceptors (Lipinski definition) is 3. The Hall–Kier alpha value is -1.88. The van der Waals surface area contributed by atoms with Gasteiger partial charge in [0.25, 0.3) is 5.91 Å². The third-order valence-corrected chi connectivity index (χ3v) is 4.57. The van der Waals surface area contributed by atoms with Crippen LogP contribution in [0, 0.1) is 0 Å². The molecule has 0 aliphatic carbocycles. The number of carbonyl (C=O) groups is 2. The van der Waals surface area contributed by atoms with E-state index in [-0.39, 0.29) is 24.5 Å². The van der Waals surface area contributed by atoms with Gasteiger partial charge in [0, 0.05) is 24.8 Å². The molecule has 1 aliphatic heterocycles. The van der Waals surface area contributed by atoms with Crippen LogP contribution >= 0.6 is 0 Å². The minimum atomic E-state index is -0.805. The first-order chi connectivity index (χ1) is 11.0. The maximum Gasteiger partial charge on any atom is 0.254 e. The molecule has 2 N–H and O–H groups in total. The highest BCUT2D eigenvalue weighted by atomic mass is 16.3. The van der Waals surface area contributed by atoms with Crippen molar-refractivity contribution in [2.45, 2.75) is 51.1 Å². The van der Waals surface area contributed by atoms with E-state index in [4.69, 9.17) is 5.11 Å². The first-order valence-corrected chi connectivity index (χ1v) is 8.28. The number of nitrogens with one attached hydrogen (secondary N) is 1. The van der Waals surface area contributed by atoms with Crippen LogP contribution in [0.25, 0.3) is 0 Å². The second-order valence-electron chi connectivity index (χ2n) is 6.44. The van der Waals surface area contributed by atoms with Gasteiger partial charge in [-0.25, -0.2) is 0 Å². The molecule has 5 nitrogen and oxygen atoms in total. The average molecular weight is 318 g/mol. The molecule has 23 heavy (non-hydrogen) atoms. The van der Waals surface area contributed by atoms with Crippen molar-refractivity contribution in [3.63, 3.8) is 0 Å². The molecule has 1 heterocycles. The summed E-state index contributed by atoms with van der Waals surface area (Å²) in [7, 11) is 0. The summed E-state index contributed by atoms with van der Waals surface area (Å²) in [5.41, 5.74) is -0.192. The Kier molecular flexibility index (Phi) is 5.77. The molecule has 0 bridgehead atoms. The molecule has 0 spiro atoms. The number of likely N-dealkylation sites (tertiary alicyclic amines) is 1. The van der Waals surface area contributed by atoms with Gasteiger partial charge in [0.15, 0.2) is 0 Å². The molecule has 5 heteroatoms. The van der Waals surface area contributed by atoms with Crippen molar-refractivity contribution in [1.29, 1.82) is 0 Å². The fourth-order valence-electron chi connectivity index (χ4n) is 3.11. The summed E-state index contributed by atoms with van der Waals surface area (Å²) in [4.78, 5) is 27.1. The molecule has 1 fully saturated rings. The van der Waals surface area contributed by atoms with Crippen LogP contribution in [-0.4, -0.2) is 46.6 Å². The zero-order valence-electron chi connectivity index (χ0n) is 13.9. The van der Waals surface area contributed by atoms with Crippen LogP contribution in [0.1, 0.15) is 49.9 Å². The summed E-state index contributed by atoms with van der Waals surface area (Å²) >= 11 is 0. The molecule has 0 radical (unpaired) electrons. The number of carbonyl (C=O) groups excluding carboxylic acids is 2. The van der Waals surface area contributed by atoms with Gasteiger partial charge in [-0.05, 0) is 51.7 Å². The van der Waals surface area contributed by atoms with E-state index in [1.54, 1.807) is 17.0 Å². The molecular weight excluding hydrogens is 292 g/mol. The molecule has 2 rings (SSSR count). The zero-order chi connectivity index (χ0) is 16.9. The van der Waals surface area contributed by atoms with Crippen LogP contribution < -0.4 is 5.32 Å². The second-order valence-corrected chi connectivity index (χ2v) is 6.44. The summed E-state index contributed by atoms with van der Waals surface area (Å²) in [5, 5.41) is 11.9. The summed E-state index contributed by atoms with van der Waals surface area (Å²) in [5.74, 6) is -0.200. The Labute approximate surface area is 137 Å². The number of amides is 2. The monoisotopic (exact) mass is 318 g/mol. The van der Waals surface area contributed by atoms with E-state index in [1.165, 1.54) is 0 Å². The highest BCUT2D eigenvalue weighted by molar-refractivity contribution is 5.99. The van der Waals surface area contributed by atoms with Gasteiger partial charge >= 0.3 is 0 Å². The molecule has 2 unspecified atom stereocenters. The van der Waals surface area contributed by atoms with Crippen LogP contribution in [0.4, 0.5) is 0 Å². The van der Waals surface area contributed by atoms with E-state index in [2.05, 4.69) is 5.32 Å². The van der Waals surface area contributed by atoms with E-state index in [1.807, 2.05) is 32.0 Å². The number of nitrogens with zero attached hydrogens (tertiary/aromatic N) is 1. The number of aliphatic hydroxyl groups is 1. The van der Waals surface area contributed by atoms with Crippen molar-refractivity contribution >= 4 is 11.8 Å². The summed E-state index contributed by atoms with van der Waals surface area (Å²) in [6.45, 7) is 4.49. The average Bonchev–Trinajstić information content (AvgIpc) is 2.96. The quantitative estimate of drug-likeness (QED) is 0.842. The third kappa shape index (κ3) is 3.91. The van der Waals surface area contributed by atoms with Crippen LogP contribution in [0.3, 0.4) is 0 Å². The lowest BCUT2D eigenvalue weighted by atomic mass is 9.96. The Bertz CT molecular complexity index is 546. The van der Waals surface area contributed by atoms with Gasteiger partial charge in [-0.1, -0.05) is 18.2 Å². The molecule has 126 valence electrons. The lowest BCUT2D eigenvalue weighted by Crippen LogP contribution is -2.56. The van der Waals surface area contributed by atoms with Gasteiger partial charge in [0.05, 0.1) is 0 Å². The molecule has 0 saturated carbocycles. The first kappa shape index (κ1) is 17.5. The second kappa shape index (κ2) is 7.59. The Morgan fingerprint density at radius 2 is 2.04 bits per heavy atom. The number of aliphatic hydroxyl groups excluding tert-OH is 1. The zero-order valence-corrected chi connectivity index (χ0v) is 13.9. The van der Waals surface area contributed by atoms with E-state index >= 15 is 0 Å². The molecule has 1 aromatic carbocycles. The number of benzene rings is 1. The van der Waals surface area contributed by atoms with Crippen molar-refractivity contribution in [3.05, 3.63) is 35.9 Å². The number of rotatable bonds is 6. The van der Waals surface area contributed by atoms with E-state index in [0.29, 0.717) is 24.9 Å². The van der Waals surface area contributed by atoms with Crippen molar-refractivity contribution in [2.75, 3.05) is 13.2 Å². The smallest absolute Gasteiger partial charge is 0.254 e. The lowest BCUT2D eigenvalue weighted by molar-refractivity contribution is -0.130. The van der Waals surface area contributed by atoms with Crippen LogP contribution in [0.5, 0.6) is 0 Å². The summed E-state index contributed by atoms with van der Waals surface area (Å²) in [6.07, 6.45) is 2.88. The molecule has 1 saturated heterocycles. The van der Waals surface area contributed by atoms with Gasteiger partial charge in [-0.15, -0.1) is 0 Å². The van der Waals surface area contributed by atoms with E-state index in [0.717, 1.165) is 12.8 Å². The maximum absolute atomic E-state index is 12.7. The Morgan fingerprint density at radius 3 is 2.70 bits per heavy atom. The van der Waals surface area contributed by atoms with Crippen LogP contribution in [-0.2, 0) is 4.79 Å². The van der Waals surface area contributed by atoms with Crippen LogP contribution in [0.2, 0.25) is 0 Å². The van der Waals surface area contributed by atoms with E-state index in [9.17, 15) is 9.59 Å². The molecule has 2 atom stereocenters. The normalized spacial score (nSPS) is 22.0. The lowest BCUT2D eigenvalue weighted by Gasteiger charge is -2.35. The first-order valence-electron chi connectivity index (χ1n) is 8.28. The third-order valence-electron chi connectivity index (χ3n) is 4.57. The number of hydrogen-bond donors (Lipinski definition) is 2. The van der Waals surface area contributed by atoms with Gasteiger partial charge in [0.1, 0.15) is 5.54 Å². The van der Waals surface area contributed by atoms with Gasteiger partial charge < -0.3 is 15.3 Å². The van der Waals surface area contributed by atoms with Crippen molar-refractivity contribution in [1.82, 2.24) is 10.2 Å². The largest absolute Gasteiger partial charge is 0.396 e. The van der Waals surface area contributed by atoms with Gasteiger partial charge in [-0.2, -0.15) is 0 Å². The van der Waals surface area contributed by atoms with Crippen LogP contribution in [0.15, 0.2) is 30.3 Å². The molecule has 2 amide bonds. The fourth-order valence-corrected chi connectivity index (χ4v) is 3.11. The minimum absolute atomic E-state index is 0.0132. The van der Waals surface area contributed by atoms with E-state index < -0.39 is 5.54 Å². The summed E-state index contributed by atoms with van der Waals surface area (Å²) in [6, 6.07) is 9.08. The van der Waals surface area contributed by atoms with Crippen molar-refractivity contribution in [3.8, 4) is 0 Å². The standard InChI is InChI=1S/C18H26N2O3/c1-14(8-6-13-21)19-17(23)18(2)11-7-12-20(18)16(22)15-9-4-3-5-10-15/h3-5,9-10,14,21H,6-8,11-13H2,1-2H3,(H,19,23). The highest BCUT2D eigenvalue weighted by Gasteiger charge is 2.46. The Balaban J connectivity index is 2.09. The highest BCUT2D eigenvalue weighted by Crippen LogP contribution is 2.31. The molecular formula is C18H26N2O3. The SMILES string of the molecule is CC(CCCO)NC(=O)C1(C)CCCN1C(=O)c1ccccc1. The molecule has 1 aliphatic rings. The Morgan fingerprint density at radius 1 is 1.35 bits per heavy atom. The van der Waals surface area contributed by atoms with Gasteiger partial charge in [0.2, 0.25) is 5.91 Å². The predicted octanol–water partition coefficient (Wildman–Crippen LogP) is 1.96. The van der Waals surface area contributed by atoms with Crippen molar-refractivity contribution in [2.24, 2.45) is 0 Å². The molecule has 0 aromatic heterocycles.